The lowest BCUT2D eigenvalue weighted by Gasteiger charge is -2.03. The maximum atomic E-state index is 12.0. The lowest BCUT2D eigenvalue weighted by Crippen LogP contribution is -2.01. The summed E-state index contributed by atoms with van der Waals surface area (Å²) >= 11 is 0. The van der Waals surface area contributed by atoms with Gasteiger partial charge in [0.25, 0.3) is 0 Å². The number of hydrogen-bond acceptors (Lipinski definition) is 2. The summed E-state index contributed by atoms with van der Waals surface area (Å²) in [5.74, 6) is -0.0186. The molecule has 0 N–H and O–H groups in total. The average molecular weight is 288 g/mol. The predicted octanol–water partition coefficient (Wildman–Crippen LogP) is 4.49. The summed E-state index contributed by atoms with van der Waals surface area (Å²) in [5, 5.41) is 0. The van der Waals surface area contributed by atoms with Crippen molar-refractivity contribution in [3.8, 4) is 5.75 Å². The smallest absolute Gasteiger partial charge is 0.387 e. The van der Waals surface area contributed by atoms with Crippen LogP contribution in [0.4, 0.5) is 8.78 Å². The highest BCUT2D eigenvalue weighted by atomic mass is 19.3. The highest BCUT2D eigenvalue weighted by Crippen LogP contribution is 2.16. The third-order valence-electron chi connectivity index (χ3n) is 2.87. The van der Waals surface area contributed by atoms with Gasteiger partial charge in [-0.15, -0.1) is 0 Å². The SMILES string of the molecule is Cc1ccc(C(=O)C=Cc2ccc(OC(F)F)cc2)cc1. The fourth-order valence-electron chi connectivity index (χ4n) is 1.75. The van der Waals surface area contributed by atoms with Gasteiger partial charge >= 0.3 is 6.61 Å². The van der Waals surface area contributed by atoms with Crippen molar-refractivity contribution in [3.05, 3.63) is 71.3 Å². The van der Waals surface area contributed by atoms with Crippen LogP contribution in [0.25, 0.3) is 6.08 Å². The molecule has 0 aliphatic rings. The number of alkyl halides is 2. The van der Waals surface area contributed by atoms with Gasteiger partial charge < -0.3 is 4.74 Å². The molecule has 2 nitrogen and oxygen atoms in total. The maximum absolute atomic E-state index is 12.0. The molecule has 0 aliphatic carbocycles. The number of rotatable bonds is 5. The summed E-state index contributed by atoms with van der Waals surface area (Å²) in [4.78, 5) is 11.9. The summed E-state index contributed by atoms with van der Waals surface area (Å²) in [5.41, 5.74) is 2.43. The highest BCUT2D eigenvalue weighted by Gasteiger charge is 2.03. The summed E-state index contributed by atoms with van der Waals surface area (Å²) < 4.78 is 28.3. The van der Waals surface area contributed by atoms with Gasteiger partial charge in [-0.2, -0.15) is 8.78 Å². The molecule has 2 aromatic rings. The van der Waals surface area contributed by atoms with E-state index in [9.17, 15) is 13.6 Å². The molecule has 0 bridgehead atoms. The fraction of sp³-hybridized carbons (Fsp3) is 0.118. The van der Waals surface area contributed by atoms with Gasteiger partial charge in [-0.3, -0.25) is 4.79 Å². The number of halogens is 2. The van der Waals surface area contributed by atoms with Crippen LogP contribution >= 0.6 is 0 Å². The summed E-state index contributed by atoms with van der Waals surface area (Å²) in [6.07, 6.45) is 3.09. The van der Waals surface area contributed by atoms with Crippen molar-refractivity contribution in [2.45, 2.75) is 13.5 Å². The second-order valence-electron chi connectivity index (χ2n) is 4.51. The number of hydrogen-bond donors (Lipinski definition) is 0. The van der Waals surface area contributed by atoms with Gasteiger partial charge in [-0.1, -0.05) is 48.0 Å². The van der Waals surface area contributed by atoms with E-state index in [0.717, 1.165) is 11.1 Å². The molecule has 0 unspecified atom stereocenters. The van der Waals surface area contributed by atoms with Gasteiger partial charge in [-0.25, -0.2) is 0 Å². The number of carbonyl (C=O) groups excluding carboxylic acids is 1. The molecule has 0 saturated carbocycles. The maximum Gasteiger partial charge on any atom is 0.387 e. The molecule has 0 spiro atoms. The topological polar surface area (TPSA) is 26.3 Å². The van der Waals surface area contributed by atoms with E-state index in [1.54, 1.807) is 30.3 Å². The van der Waals surface area contributed by atoms with Gasteiger partial charge in [0.05, 0.1) is 0 Å². The molecule has 0 saturated heterocycles. The third kappa shape index (κ3) is 4.53. The number of ether oxygens (including phenoxy) is 1. The first kappa shape index (κ1) is 14.9. The van der Waals surface area contributed by atoms with Crippen LogP contribution in [0.2, 0.25) is 0 Å². The Morgan fingerprint density at radius 2 is 1.67 bits per heavy atom. The first-order chi connectivity index (χ1) is 10.0. The van der Waals surface area contributed by atoms with E-state index in [4.69, 9.17) is 0 Å². The largest absolute Gasteiger partial charge is 0.435 e. The van der Waals surface area contributed by atoms with Crippen LogP contribution in [-0.4, -0.2) is 12.4 Å². The quantitative estimate of drug-likeness (QED) is 0.598. The Labute approximate surface area is 121 Å². The molecule has 0 atom stereocenters. The van der Waals surface area contributed by atoms with Crippen molar-refractivity contribution in [3.63, 3.8) is 0 Å². The Balaban J connectivity index is 2.03. The molecule has 0 aromatic heterocycles. The van der Waals surface area contributed by atoms with Crippen molar-refractivity contribution in [2.24, 2.45) is 0 Å². The summed E-state index contributed by atoms with van der Waals surface area (Å²) in [6, 6.07) is 13.4. The van der Waals surface area contributed by atoms with Crippen LogP contribution < -0.4 is 4.74 Å². The van der Waals surface area contributed by atoms with E-state index >= 15 is 0 Å². The summed E-state index contributed by atoms with van der Waals surface area (Å²) in [6.45, 7) is -0.887. The minimum absolute atomic E-state index is 0.0898. The first-order valence-electron chi connectivity index (χ1n) is 6.38. The van der Waals surface area contributed by atoms with E-state index < -0.39 is 6.61 Å². The van der Waals surface area contributed by atoms with Crippen molar-refractivity contribution in [2.75, 3.05) is 0 Å². The Morgan fingerprint density at radius 3 is 2.24 bits per heavy atom. The van der Waals surface area contributed by atoms with Crippen LogP contribution in [0, 0.1) is 6.92 Å². The molecule has 0 fully saturated rings. The van der Waals surface area contributed by atoms with E-state index in [2.05, 4.69) is 4.74 Å². The Hall–Kier alpha value is -2.49. The molecule has 108 valence electrons. The Bertz CT molecular complexity index is 629. The fourth-order valence-corrected chi connectivity index (χ4v) is 1.75. The van der Waals surface area contributed by atoms with E-state index in [1.807, 2.05) is 19.1 Å². The van der Waals surface area contributed by atoms with Gasteiger partial charge in [-0.05, 0) is 30.7 Å². The van der Waals surface area contributed by atoms with E-state index in [0.29, 0.717) is 5.56 Å². The molecule has 0 aliphatic heterocycles. The zero-order valence-electron chi connectivity index (χ0n) is 11.4. The van der Waals surface area contributed by atoms with E-state index in [1.165, 1.54) is 18.2 Å². The summed E-state index contributed by atoms with van der Waals surface area (Å²) in [7, 11) is 0. The first-order valence-corrected chi connectivity index (χ1v) is 6.38. The third-order valence-corrected chi connectivity index (χ3v) is 2.87. The lowest BCUT2D eigenvalue weighted by molar-refractivity contribution is -0.0498. The van der Waals surface area contributed by atoms with Crippen molar-refractivity contribution in [1.29, 1.82) is 0 Å². The second-order valence-corrected chi connectivity index (χ2v) is 4.51. The van der Waals surface area contributed by atoms with Crippen molar-refractivity contribution in [1.82, 2.24) is 0 Å². The number of allylic oxidation sites excluding steroid dienone is 1. The monoisotopic (exact) mass is 288 g/mol. The Kier molecular flexibility index (Phi) is 4.82. The molecule has 2 rings (SSSR count). The van der Waals surface area contributed by atoms with Crippen LogP contribution in [0.5, 0.6) is 5.75 Å². The van der Waals surface area contributed by atoms with Gasteiger partial charge in [0.2, 0.25) is 0 Å². The zero-order valence-corrected chi connectivity index (χ0v) is 11.4. The van der Waals surface area contributed by atoms with E-state index in [-0.39, 0.29) is 11.5 Å². The average Bonchev–Trinajstić information content (AvgIpc) is 2.46. The molecule has 21 heavy (non-hydrogen) atoms. The van der Waals surface area contributed by atoms with Gasteiger partial charge in [0.15, 0.2) is 5.78 Å². The number of ketones is 1. The molecule has 2 aromatic carbocycles. The minimum atomic E-state index is -2.84. The molecule has 4 heteroatoms. The normalized spacial score (nSPS) is 11.0. The molecule has 0 amide bonds. The van der Waals surface area contributed by atoms with Crippen LogP contribution in [0.1, 0.15) is 21.5 Å². The van der Waals surface area contributed by atoms with Crippen LogP contribution in [-0.2, 0) is 0 Å². The standard InChI is InChI=1S/C17H14F2O2/c1-12-2-7-14(8-3-12)16(20)11-6-13-4-9-15(10-5-13)21-17(18)19/h2-11,17H,1H3. The number of aryl methyl sites for hydroxylation is 1. The minimum Gasteiger partial charge on any atom is -0.435 e. The second kappa shape index (κ2) is 6.79. The highest BCUT2D eigenvalue weighted by molar-refractivity contribution is 6.06. The van der Waals surface area contributed by atoms with Crippen LogP contribution in [0.15, 0.2) is 54.6 Å². The lowest BCUT2D eigenvalue weighted by atomic mass is 10.1. The molecular formula is C17H14F2O2. The zero-order chi connectivity index (χ0) is 15.2. The van der Waals surface area contributed by atoms with Gasteiger partial charge in [0, 0.05) is 5.56 Å². The Morgan fingerprint density at radius 1 is 1.05 bits per heavy atom. The number of carbonyl (C=O) groups is 1. The van der Waals surface area contributed by atoms with Crippen LogP contribution in [0.3, 0.4) is 0 Å². The molecule has 0 heterocycles. The molecule has 0 radical (unpaired) electrons. The van der Waals surface area contributed by atoms with Crippen molar-refractivity contribution >= 4 is 11.9 Å². The molecular weight excluding hydrogens is 274 g/mol. The van der Waals surface area contributed by atoms with Gasteiger partial charge in [0.1, 0.15) is 5.75 Å². The number of benzene rings is 2. The van der Waals surface area contributed by atoms with Crippen molar-refractivity contribution < 1.29 is 18.3 Å². The predicted molar refractivity (Wildman–Crippen MR) is 77.6 cm³/mol.